The van der Waals surface area contributed by atoms with Crippen LogP contribution >= 0.6 is 15.9 Å². The van der Waals surface area contributed by atoms with E-state index in [1.165, 1.54) is 12.1 Å². The van der Waals surface area contributed by atoms with E-state index in [0.717, 1.165) is 5.56 Å². The minimum Gasteiger partial charge on any atom is -0.370 e. The fraction of sp³-hybridized carbons (Fsp3) is 0.533. The van der Waals surface area contributed by atoms with E-state index in [1.54, 1.807) is 6.07 Å². The summed E-state index contributed by atoms with van der Waals surface area (Å²) < 4.78 is 19.2. The topological polar surface area (TPSA) is 26.3 Å². The van der Waals surface area contributed by atoms with Crippen LogP contribution in [-0.4, -0.2) is 18.5 Å². The number of hydrogen-bond donors (Lipinski definition) is 0. The summed E-state index contributed by atoms with van der Waals surface area (Å²) in [5.74, 6) is -0.304. The summed E-state index contributed by atoms with van der Waals surface area (Å²) >= 11 is 3.28. The van der Waals surface area contributed by atoms with Crippen molar-refractivity contribution in [3.63, 3.8) is 0 Å². The summed E-state index contributed by atoms with van der Waals surface area (Å²) in [7, 11) is 0. The lowest BCUT2D eigenvalue weighted by Crippen LogP contribution is -2.38. The molecular formula is C15H20BrFO2. The van der Waals surface area contributed by atoms with Gasteiger partial charge in [0.2, 0.25) is 0 Å². The van der Waals surface area contributed by atoms with Gasteiger partial charge in [-0.15, -0.1) is 0 Å². The van der Waals surface area contributed by atoms with Crippen molar-refractivity contribution in [2.75, 3.05) is 6.61 Å². The molecule has 0 aliphatic carbocycles. The quantitative estimate of drug-likeness (QED) is 0.810. The highest BCUT2D eigenvalue weighted by Gasteiger charge is 2.31. The molecule has 0 radical (unpaired) electrons. The summed E-state index contributed by atoms with van der Waals surface area (Å²) in [6, 6.07) is 4.36. The highest BCUT2D eigenvalue weighted by Crippen LogP contribution is 2.26. The van der Waals surface area contributed by atoms with E-state index < -0.39 is 6.10 Å². The molecule has 0 fully saturated rings. The molecule has 2 nitrogen and oxygen atoms in total. The van der Waals surface area contributed by atoms with Gasteiger partial charge in [0.05, 0.1) is 0 Å². The van der Waals surface area contributed by atoms with Crippen LogP contribution in [0.4, 0.5) is 4.39 Å². The lowest BCUT2D eigenvalue weighted by Gasteiger charge is -2.29. The minimum atomic E-state index is -0.450. The third-order valence-electron chi connectivity index (χ3n) is 2.79. The van der Waals surface area contributed by atoms with E-state index in [2.05, 4.69) is 15.9 Å². The van der Waals surface area contributed by atoms with Gasteiger partial charge in [0.25, 0.3) is 0 Å². The van der Waals surface area contributed by atoms with Crippen LogP contribution in [0.2, 0.25) is 0 Å². The number of ketones is 1. The third-order valence-corrected chi connectivity index (χ3v) is 3.53. The van der Waals surface area contributed by atoms with Crippen molar-refractivity contribution >= 4 is 21.7 Å². The maximum atomic E-state index is 13.0. The molecule has 0 heterocycles. The fourth-order valence-electron chi connectivity index (χ4n) is 1.94. The maximum absolute atomic E-state index is 13.0. The Morgan fingerprint density at radius 3 is 2.53 bits per heavy atom. The van der Waals surface area contributed by atoms with Gasteiger partial charge >= 0.3 is 0 Å². The molecule has 1 rings (SSSR count). The van der Waals surface area contributed by atoms with E-state index in [4.69, 9.17) is 4.74 Å². The zero-order valence-corrected chi connectivity index (χ0v) is 13.4. The Hall–Kier alpha value is -0.740. The SMILES string of the molecule is CCOC(C(=O)Cc1ccc(F)cc1Br)C(C)(C)C. The predicted molar refractivity (Wildman–Crippen MR) is 77.7 cm³/mol. The molecule has 1 unspecified atom stereocenters. The first-order valence-corrected chi connectivity index (χ1v) is 7.13. The van der Waals surface area contributed by atoms with E-state index in [9.17, 15) is 9.18 Å². The monoisotopic (exact) mass is 330 g/mol. The highest BCUT2D eigenvalue weighted by molar-refractivity contribution is 9.10. The Morgan fingerprint density at radius 1 is 1.42 bits per heavy atom. The zero-order valence-electron chi connectivity index (χ0n) is 11.8. The van der Waals surface area contributed by atoms with Crippen LogP contribution in [0, 0.1) is 11.2 Å². The average molecular weight is 331 g/mol. The number of carbonyl (C=O) groups is 1. The molecule has 0 aromatic heterocycles. The highest BCUT2D eigenvalue weighted by atomic mass is 79.9. The van der Waals surface area contributed by atoms with Gasteiger partial charge in [0, 0.05) is 17.5 Å². The van der Waals surface area contributed by atoms with E-state index in [0.29, 0.717) is 11.1 Å². The van der Waals surface area contributed by atoms with Gasteiger partial charge in [-0.3, -0.25) is 4.79 Å². The van der Waals surface area contributed by atoms with Gasteiger partial charge in [0.1, 0.15) is 11.9 Å². The zero-order chi connectivity index (χ0) is 14.6. The molecule has 0 amide bonds. The Bertz CT molecular complexity index is 452. The van der Waals surface area contributed by atoms with Crippen molar-refractivity contribution in [2.24, 2.45) is 5.41 Å². The predicted octanol–water partition coefficient (Wildman–Crippen LogP) is 4.15. The average Bonchev–Trinajstić information content (AvgIpc) is 2.28. The summed E-state index contributed by atoms with van der Waals surface area (Å²) in [6.07, 6.45) is -0.211. The Balaban J connectivity index is 2.87. The summed E-state index contributed by atoms with van der Waals surface area (Å²) in [5, 5.41) is 0. The lowest BCUT2D eigenvalue weighted by atomic mass is 9.84. The number of rotatable bonds is 5. The molecule has 0 N–H and O–H groups in total. The van der Waals surface area contributed by atoms with Gasteiger partial charge in [0.15, 0.2) is 5.78 Å². The summed E-state index contributed by atoms with van der Waals surface area (Å²) in [4.78, 5) is 12.3. The molecule has 106 valence electrons. The minimum absolute atomic E-state index is 0.0154. The molecule has 1 aromatic carbocycles. The van der Waals surface area contributed by atoms with Gasteiger partial charge in [-0.05, 0) is 30.0 Å². The van der Waals surface area contributed by atoms with Crippen LogP contribution in [0.5, 0.6) is 0 Å². The number of Topliss-reactive ketones (excluding diaryl/α,β-unsaturated/α-hetero) is 1. The van der Waals surface area contributed by atoms with Crippen molar-refractivity contribution in [3.05, 3.63) is 34.1 Å². The van der Waals surface area contributed by atoms with Gasteiger partial charge < -0.3 is 4.74 Å². The first-order chi connectivity index (χ1) is 8.75. The molecule has 0 aliphatic rings. The van der Waals surface area contributed by atoms with Crippen LogP contribution in [0.1, 0.15) is 33.3 Å². The second-order valence-corrected chi connectivity index (χ2v) is 6.43. The van der Waals surface area contributed by atoms with E-state index >= 15 is 0 Å². The normalized spacial score (nSPS) is 13.4. The first-order valence-electron chi connectivity index (χ1n) is 6.34. The second-order valence-electron chi connectivity index (χ2n) is 5.58. The number of ether oxygens (including phenoxy) is 1. The van der Waals surface area contributed by atoms with Crippen molar-refractivity contribution in [1.82, 2.24) is 0 Å². The molecule has 1 atom stereocenters. The fourth-order valence-corrected chi connectivity index (χ4v) is 2.43. The molecule has 4 heteroatoms. The van der Waals surface area contributed by atoms with Crippen LogP contribution in [0.25, 0.3) is 0 Å². The molecule has 1 aromatic rings. The standard InChI is InChI=1S/C15H20BrFO2/c1-5-19-14(15(2,3)4)13(18)8-10-6-7-11(17)9-12(10)16/h6-7,9,14H,5,8H2,1-4H3. The van der Waals surface area contributed by atoms with Crippen LogP contribution in [0.3, 0.4) is 0 Å². The number of benzene rings is 1. The van der Waals surface area contributed by atoms with Gasteiger partial charge in [-0.25, -0.2) is 4.39 Å². The molecular weight excluding hydrogens is 311 g/mol. The van der Waals surface area contributed by atoms with E-state index in [-0.39, 0.29) is 23.4 Å². The van der Waals surface area contributed by atoms with Crippen molar-refractivity contribution in [2.45, 2.75) is 40.2 Å². The largest absolute Gasteiger partial charge is 0.370 e. The van der Waals surface area contributed by atoms with Crippen LogP contribution in [-0.2, 0) is 16.0 Å². The molecule has 0 bridgehead atoms. The molecule has 0 spiro atoms. The first kappa shape index (κ1) is 16.3. The Morgan fingerprint density at radius 2 is 2.05 bits per heavy atom. The van der Waals surface area contributed by atoms with E-state index in [1.807, 2.05) is 27.7 Å². The lowest BCUT2D eigenvalue weighted by molar-refractivity contribution is -0.136. The summed E-state index contributed by atoms with van der Waals surface area (Å²) in [5.41, 5.74) is 0.528. The number of carbonyl (C=O) groups excluding carboxylic acids is 1. The Kier molecular flexibility index (Phi) is 5.68. The molecule has 0 saturated carbocycles. The molecule has 0 saturated heterocycles. The smallest absolute Gasteiger partial charge is 0.166 e. The number of halogens is 2. The second kappa shape index (κ2) is 6.62. The van der Waals surface area contributed by atoms with Crippen LogP contribution < -0.4 is 0 Å². The summed E-state index contributed by atoms with van der Waals surface area (Å²) in [6.45, 7) is 8.30. The maximum Gasteiger partial charge on any atom is 0.166 e. The van der Waals surface area contributed by atoms with Gasteiger partial charge in [-0.2, -0.15) is 0 Å². The van der Waals surface area contributed by atoms with Crippen molar-refractivity contribution in [1.29, 1.82) is 0 Å². The molecule has 0 aliphatic heterocycles. The van der Waals surface area contributed by atoms with Crippen LogP contribution in [0.15, 0.2) is 22.7 Å². The molecule has 19 heavy (non-hydrogen) atoms. The van der Waals surface area contributed by atoms with Crippen molar-refractivity contribution < 1.29 is 13.9 Å². The number of hydrogen-bond acceptors (Lipinski definition) is 2. The third kappa shape index (κ3) is 4.69. The Labute approximate surface area is 122 Å². The van der Waals surface area contributed by atoms with Gasteiger partial charge in [-0.1, -0.05) is 42.8 Å². The van der Waals surface area contributed by atoms with Crippen molar-refractivity contribution in [3.8, 4) is 0 Å².